The van der Waals surface area contributed by atoms with Crippen molar-refractivity contribution in [1.29, 1.82) is 0 Å². The molecule has 0 amide bonds. The van der Waals surface area contributed by atoms with Gasteiger partial charge in [0.05, 0.1) is 23.6 Å². The minimum atomic E-state index is -3.05. The van der Waals surface area contributed by atoms with Crippen LogP contribution in [0.25, 0.3) is 10.8 Å². The number of hydrogen-bond donors (Lipinski definition) is 0. The maximum Gasteiger partial charge on any atom is 0.471 e. The molecule has 5 nitrogen and oxygen atoms in total. The number of aldehydes is 1. The summed E-state index contributed by atoms with van der Waals surface area (Å²) >= 11 is 0. The Bertz CT molecular complexity index is 1100. The Balaban J connectivity index is 2.24. The van der Waals surface area contributed by atoms with Crippen LogP contribution in [-0.4, -0.2) is 27.7 Å². The van der Waals surface area contributed by atoms with Crippen LogP contribution in [0.5, 0.6) is 17.2 Å². The van der Waals surface area contributed by atoms with E-state index in [-0.39, 0.29) is 15.9 Å². The minimum absolute atomic E-state index is 0.0725. The van der Waals surface area contributed by atoms with Gasteiger partial charge in [0.25, 0.3) is 0 Å². The molecule has 0 unspecified atom stereocenters. The topological polar surface area (TPSA) is 61.8 Å². The molecular formula is C25H32O5Si. The molecule has 2 aromatic carbocycles. The summed E-state index contributed by atoms with van der Waals surface area (Å²) in [7, 11) is -1.42. The number of carbonyl (C=O) groups excluding carboxylic acids is 2. The van der Waals surface area contributed by atoms with Gasteiger partial charge in [0.1, 0.15) is 17.2 Å². The molecule has 0 aromatic heterocycles. The lowest BCUT2D eigenvalue weighted by Gasteiger charge is -2.51. The van der Waals surface area contributed by atoms with Crippen molar-refractivity contribution >= 4 is 31.4 Å². The van der Waals surface area contributed by atoms with E-state index in [4.69, 9.17) is 13.6 Å². The van der Waals surface area contributed by atoms with Gasteiger partial charge in [-0.25, -0.2) is 0 Å². The molecule has 0 fully saturated rings. The van der Waals surface area contributed by atoms with E-state index in [9.17, 15) is 9.59 Å². The first kappa shape index (κ1) is 21.9. The summed E-state index contributed by atoms with van der Waals surface area (Å²) in [5.74, 6) is 1.90. The molecule has 0 saturated heterocycles. The highest BCUT2D eigenvalue weighted by atomic mass is 28.4. The highest BCUT2D eigenvalue weighted by Gasteiger charge is 2.64. The van der Waals surface area contributed by atoms with Crippen molar-refractivity contribution in [2.75, 3.05) is 7.11 Å². The van der Waals surface area contributed by atoms with E-state index in [0.29, 0.717) is 40.2 Å². The number of ether oxygens (including phenoxy) is 1. The molecule has 0 saturated carbocycles. The number of Topliss-reactive ketones (excluding diaryl/α,β-unsaturated/α-hetero) is 1. The van der Waals surface area contributed by atoms with Gasteiger partial charge in [-0.1, -0.05) is 41.5 Å². The van der Waals surface area contributed by atoms with E-state index in [1.54, 1.807) is 7.11 Å². The maximum atomic E-state index is 13.2. The van der Waals surface area contributed by atoms with Crippen molar-refractivity contribution in [2.24, 2.45) is 0 Å². The van der Waals surface area contributed by atoms with Crippen molar-refractivity contribution in [3.05, 3.63) is 28.3 Å². The van der Waals surface area contributed by atoms with Crippen molar-refractivity contribution in [1.82, 2.24) is 0 Å². The predicted octanol–water partition coefficient (Wildman–Crippen LogP) is 6.30. The van der Waals surface area contributed by atoms with Gasteiger partial charge in [0.2, 0.25) is 0 Å². The molecule has 31 heavy (non-hydrogen) atoms. The number of rotatable bonds is 2. The summed E-state index contributed by atoms with van der Waals surface area (Å²) in [5, 5.41) is 0.901. The van der Waals surface area contributed by atoms with Crippen LogP contribution in [0.3, 0.4) is 0 Å². The van der Waals surface area contributed by atoms with E-state index in [1.807, 2.05) is 13.0 Å². The van der Waals surface area contributed by atoms with Crippen LogP contribution in [0.1, 0.15) is 86.2 Å². The fraction of sp³-hybridized carbons (Fsp3) is 0.520. The summed E-state index contributed by atoms with van der Waals surface area (Å²) in [6.07, 6.45) is 2.90. The van der Waals surface area contributed by atoms with Crippen LogP contribution in [0.4, 0.5) is 0 Å². The van der Waals surface area contributed by atoms with E-state index in [1.165, 1.54) is 0 Å². The monoisotopic (exact) mass is 440 g/mol. The summed E-state index contributed by atoms with van der Waals surface area (Å²) < 4.78 is 19.6. The number of aryl methyl sites for hydroxylation is 1. The van der Waals surface area contributed by atoms with Gasteiger partial charge in [0, 0.05) is 27.4 Å². The van der Waals surface area contributed by atoms with E-state index >= 15 is 0 Å². The van der Waals surface area contributed by atoms with Crippen LogP contribution in [0.15, 0.2) is 6.07 Å². The molecule has 0 spiro atoms. The second-order valence-corrected chi connectivity index (χ2v) is 15.4. The van der Waals surface area contributed by atoms with Gasteiger partial charge in [-0.2, -0.15) is 0 Å². The first-order valence-electron chi connectivity index (χ1n) is 10.9. The molecule has 2 aromatic rings. The number of ketones is 1. The van der Waals surface area contributed by atoms with Crippen molar-refractivity contribution < 1.29 is 23.2 Å². The van der Waals surface area contributed by atoms with Crippen molar-refractivity contribution in [3.8, 4) is 17.2 Å². The number of fused-ring (bicyclic) bond motifs is 2. The lowest BCUT2D eigenvalue weighted by molar-refractivity contribution is 0.0968. The van der Waals surface area contributed by atoms with Crippen molar-refractivity contribution in [2.45, 2.75) is 77.8 Å². The number of benzene rings is 2. The molecule has 1 aliphatic carbocycles. The fourth-order valence-corrected chi connectivity index (χ4v) is 9.97. The zero-order valence-corrected chi connectivity index (χ0v) is 20.8. The molecule has 2 aliphatic rings. The third-order valence-electron chi connectivity index (χ3n) is 6.70. The highest BCUT2D eigenvalue weighted by Crippen LogP contribution is 2.60. The van der Waals surface area contributed by atoms with Crippen LogP contribution >= 0.6 is 0 Å². The zero-order chi connectivity index (χ0) is 22.9. The smallest absolute Gasteiger partial charge is 0.471 e. The van der Waals surface area contributed by atoms with E-state index in [0.717, 1.165) is 35.6 Å². The average Bonchev–Trinajstić information content (AvgIpc) is 2.66. The molecule has 0 radical (unpaired) electrons. The Labute approximate surface area is 185 Å². The van der Waals surface area contributed by atoms with Crippen LogP contribution in [0.2, 0.25) is 10.1 Å². The van der Waals surface area contributed by atoms with Gasteiger partial charge in [0.15, 0.2) is 12.1 Å². The molecular weight excluding hydrogens is 408 g/mol. The number of hydrogen-bond acceptors (Lipinski definition) is 5. The Morgan fingerprint density at radius 3 is 2.19 bits per heavy atom. The van der Waals surface area contributed by atoms with Crippen molar-refractivity contribution in [3.63, 3.8) is 0 Å². The lowest BCUT2D eigenvalue weighted by Crippen LogP contribution is -2.63. The van der Waals surface area contributed by atoms with Gasteiger partial charge < -0.3 is 13.6 Å². The van der Waals surface area contributed by atoms with E-state index in [2.05, 4.69) is 41.5 Å². The minimum Gasteiger partial charge on any atom is -0.510 e. The molecule has 0 atom stereocenters. The SMILES string of the molecule is COc1c2c(c3c4c(c(C=O)c(C)cc14)O[Si](C(C)(C)C)(C(C)(C)C)O3)C(=O)CCC2. The largest absolute Gasteiger partial charge is 0.510 e. The summed E-state index contributed by atoms with van der Waals surface area (Å²) in [4.78, 5) is 25.4. The van der Waals surface area contributed by atoms with Gasteiger partial charge in [-0.05, 0) is 31.4 Å². The quantitative estimate of drug-likeness (QED) is 0.405. The van der Waals surface area contributed by atoms with Crippen LogP contribution < -0.4 is 13.6 Å². The standard InChI is InChI=1S/C25H32O5Si/c1-14-12-16-20-22(17(14)13-26)29-31(24(2,3)4,25(5,6)7)30-23(20)19-15(21(16)28-8)10-9-11-18(19)27/h12-13H,9-11H2,1-8H3. The zero-order valence-electron chi connectivity index (χ0n) is 19.8. The number of methoxy groups -OCH3 is 1. The maximum absolute atomic E-state index is 13.2. The summed E-state index contributed by atoms with van der Waals surface area (Å²) in [6.45, 7) is 14.7. The first-order valence-corrected chi connectivity index (χ1v) is 12.8. The molecule has 0 bridgehead atoms. The Kier molecular flexibility index (Phi) is 4.82. The second kappa shape index (κ2) is 6.83. The van der Waals surface area contributed by atoms with Gasteiger partial charge in [-0.15, -0.1) is 0 Å². The Morgan fingerprint density at radius 1 is 1.03 bits per heavy atom. The van der Waals surface area contributed by atoms with Crippen LogP contribution in [0, 0.1) is 6.92 Å². The van der Waals surface area contributed by atoms with Crippen LogP contribution in [-0.2, 0) is 6.42 Å². The Hall–Kier alpha value is -2.34. The normalized spacial score (nSPS) is 17.6. The lowest BCUT2D eigenvalue weighted by atomic mass is 9.85. The molecule has 6 heteroatoms. The fourth-order valence-electron chi connectivity index (χ4n) is 5.46. The third-order valence-corrected chi connectivity index (χ3v) is 11.6. The van der Waals surface area contributed by atoms with Gasteiger partial charge >= 0.3 is 8.56 Å². The molecule has 4 rings (SSSR count). The first-order chi connectivity index (χ1) is 14.4. The molecule has 166 valence electrons. The second-order valence-electron chi connectivity index (χ2n) is 10.8. The summed E-state index contributed by atoms with van der Waals surface area (Å²) in [5.41, 5.74) is 2.88. The molecule has 1 aliphatic heterocycles. The van der Waals surface area contributed by atoms with Gasteiger partial charge in [-0.3, -0.25) is 9.59 Å². The third kappa shape index (κ3) is 2.87. The predicted molar refractivity (Wildman–Crippen MR) is 124 cm³/mol. The molecule has 0 N–H and O–H groups in total. The molecule has 1 heterocycles. The number of carbonyl (C=O) groups is 2. The highest BCUT2D eigenvalue weighted by molar-refractivity contribution is 6.75. The Morgan fingerprint density at radius 2 is 1.65 bits per heavy atom. The van der Waals surface area contributed by atoms with E-state index < -0.39 is 8.56 Å². The average molecular weight is 441 g/mol. The summed E-state index contributed by atoms with van der Waals surface area (Å²) in [6, 6.07) is 1.96.